The molecule has 0 aliphatic rings. The van der Waals surface area contributed by atoms with E-state index in [0.717, 1.165) is 15.4 Å². The maximum absolute atomic E-state index is 11.9. The Kier molecular flexibility index (Phi) is 3.33. The summed E-state index contributed by atoms with van der Waals surface area (Å²) in [7, 11) is 1.25. The summed E-state index contributed by atoms with van der Waals surface area (Å²) < 4.78 is 6.48. The van der Waals surface area contributed by atoms with E-state index in [0.29, 0.717) is 5.69 Å². The first-order chi connectivity index (χ1) is 8.72. The van der Waals surface area contributed by atoms with Crippen molar-refractivity contribution in [2.24, 2.45) is 0 Å². The molecule has 0 radical (unpaired) electrons. The Labute approximate surface area is 102 Å². The van der Waals surface area contributed by atoms with Gasteiger partial charge in [0.15, 0.2) is 0 Å². The van der Waals surface area contributed by atoms with Gasteiger partial charge in [0.2, 0.25) is 0 Å². The molecular formula is C11H10N4O3. The van der Waals surface area contributed by atoms with Crippen molar-refractivity contribution < 1.29 is 9.53 Å². The number of tetrazole rings is 1. The minimum absolute atomic E-state index is 0.471. The van der Waals surface area contributed by atoms with Crippen molar-refractivity contribution >= 4 is 12.2 Å². The number of carbonyl (C=O) groups is 1. The van der Waals surface area contributed by atoms with Gasteiger partial charge in [0.1, 0.15) is 0 Å². The highest BCUT2D eigenvalue weighted by Gasteiger charge is 2.06. The van der Waals surface area contributed by atoms with Crippen LogP contribution < -0.4 is 5.69 Å². The van der Waals surface area contributed by atoms with Gasteiger partial charge in [0, 0.05) is 12.3 Å². The molecule has 1 aromatic carbocycles. The van der Waals surface area contributed by atoms with E-state index in [1.54, 1.807) is 24.3 Å². The summed E-state index contributed by atoms with van der Waals surface area (Å²) in [6.45, 7) is 0. The summed E-state index contributed by atoms with van der Waals surface area (Å²) in [5, 5.41) is 7.32. The zero-order valence-electron chi connectivity index (χ0n) is 9.56. The molecule has 2 aromatic rings. The van der Waals surface area contributed by atoms with E-state index in [1.807, 2.05) is 6.07 Å². The largest absolute Gasteiger partial charge is 0.466 e. The lowest BCUT2D eigenvalue weighted by Gasteiger charge is -1.95. The van der Waals surface area contributed by atoms with Crippen LogP contribution in [0.5, 0.6) is 0 Å². The van der Waals surface area contributed by atoms with Gasteiger partial charge in [-0.3, -0.25) is 0 Å². The number of methoxy groups -OCH3 is 1. The van der Waals surface area contributed by atoms with Crippen LogP contribution in [0.4, 0.5) is 0 Å². The number of ether oxygens (including phenoxy) is 1. The summed E-state index contributed by atoms with van der Waals surface area (Å²) in [5.41, 5.74) is 0.126. The first-order valence-corrected chi connectivity index (χ1v) is 5.08. The Morgan fingerprint density at radius 3 is 2.67 bits per heavy atom. The van der Waals surface area contributed by atoms with Gasteiger partial charge in [-0.1, -0.05) is 18.2 Å². The fourth-order valence-electron chi connectivity index (χ4n) is 1.28. The Hall–Kier alpha value is -2.70. The Morgan fingerprint density at radius 1 is 1.28 bits per heavy atom. The highest BCUT2D eigenvalue weighted by molar-refractivity contribution is 5.84. The van der Waals surface area contributed by atoms with Crippen molar-refractivity contribution in [2.75, 3.05) is 7.11 Å². The van der Waals surface area contributed by atoms with E-state index in [2.05, 4.69) is 15.2 Å². The number of rotatable bonds is 3. The summed E-state index contributed by atoms with van der Waals surface area (Å²) >= 11 is 0. The maximum atomic E-state index is 11.9. The minimum Gasteiger partial charge on any atom is -0.466 e. The predicted octanol–water partition coefficient (Wildman–Crippen LogP) is 0.0727. The number of esters is 1. The molecule has 0 unspecified atom stereocenters. The standard InChI is InChI=1S/C11H10N4O3/c1-18-10(16)7-8-14-11(17)15(13-12-14)9-5-3-2-4-6-9/h2-8H,1H3/b8-7-. The van der Waals surface area contributed by atoms with Crippen molar-refractivity contribution in [1.82, 2.24) is 19.8 Å². The summed E-state index contributed by atoms with van der Waals surface area (Å²) in [5.74, 6) is -0.573. The van der Waals surface area contributed by atoms with E-state index < -0.39 is 11.7 Å². The van der Waals surface area contributed by atoms with E-state index in [9.17, 15) is 9.59 Å². The molecule has 7 heteroatoms. The Morgan fingerprint density at radius 2 is 2.00 bits per heavy atom. The second-order valence-corrected chi connectivity index (χ2v) is 3.29. The van der Waals surface area contributed by atoms with E-state index in [4.69, 9.17) is 0 Å². The summed E-state index contributed by atoms with van der Waals surface area (Å²) in [6.07, 6.45) is 2.28. The van der Waals surface area contributed by atoms with Crippen LogP contribution in [0.25, 0.3) is 11.9 Å². The second kappa shape index (κ2) is 5.09. The second-order valence-electron chi connectivity index (χ2n) is 3.29. The molecule has 0 saturated carbocycles. The molecule has 0 aliphatic carbocycles. The zero-order chi connectivity index (χ0) is 13.0. The minimum atomic E-state index is -0.573. The van der Waals surface area contributed by atoms with Gasteiger partial charge in [-0.25, -0.2) is 9.59 Å². The van der Waals surface area contributed by atoms with Crippen molar-refractivity contribution in [3.63, 3.8) is 0 Å². The van der Waals surface area contributed by atoms with Gasteiger partial charge in [-0.05, 0) is 22.6 Å². The molecule has 7 nitrogen and oxygen atoms in total. The number of aromatic nitrogens is 4. The highest BCUT2D eigenvalue weighted by atomic mass is 16.5. The molecule has 0 fully saturated rings. The predicted molar refractivity (Wildman–Crippen MR) is 63.0 cm³/mol. The average molecular weight is 246 g/mol. The fourth-order valence-corrected chi connectivity index (χ4v) is 1.28. The van der Waals surface area contributed by atoms with E-state index in [1.165, 1.54) is 13.3 Å². The number of para-hydroxylation sites is 1. The molecule has 0 atom stereocenters. The first-order valence-electron chi connectivity index (χ1n) is 5.08. The Bertz CT molecular complexity index is 627. The molecule has 18 heavy (non-hydrogen) atoms. The molecule has 0 saturated heterocycles. The van der Waals surface area contributed by atoms with Crippen LogP contribution in [0.3, 0.4) is 0 Å². The van der Waals surface area contributed by atoms with Crippen molar-refractivity contribution in [1.29, 1.82) is 0 Å². The molecule has 0 spiro atoms. The van der Waals surface area contributed by atoms with Crippen LogP contribution in [0.2, 0.25) is 0 Å². The number of carbonyl (C=O) groups excluding carboxylic acids is 1. The SMILES string of the molecule is COC(=O)/C=C\n1nnn(-c2ccccc2)c1=O. The van der Waals surface area contributed by atoms with Crippen LogP contribution in [0.15, 0.2) is 41.2 Å². The van der Waals surface area contributed by atoms with E-state index >= 15 is 0 Å². The summed E-state index contributed by atoms with van der Waals surface area (Å²) in [4.78, 5) is 22.8. The third kappa shape index (κ3) is 2.34. The third-order valence-corrected chi connectivity index (χ3v) is 2.16. The molecule has 1 aromatic heterocycles. The molecule has 0 N–H and O–H groups in total. The molecule has 0 bridgehead atoms. The quantitative estimate of drug-likeness (QED) is 0.565. The topological polar surface area (TPSA) is 79.0 Å². The van der Waals surface area contributed by atoms with Gasteiger partial charge in [-0.15, -0.1) is 0 Å². The molecule has 92 valence electrons. The fraction of sp³-hybridized carbons (Fsp3) is 0.0909. The van der Waals surface area contributed by atoms with Gasteiger partial charge < -0.3 is 4.74 Å². The lowest BCUT2D eigenvalue weighted by Crippen LogP contribution is -2.21. The average Bonchev–Trinajstić information content (AvgIpc) is 2.78. The zero-order valence-corrected chi connectivity index (χ0v) is 9.56. The van der Waals surface area contributed by atoms with Crippen LogP contribution in [0, 0.1) is 0 Å². The van der Waals surface area contributed by atoms with Gasteiger partial charge >= 0.3 is 11.7 Å². The van der Waals surface area contributed by atoms with Gasteiger partial charge in [0.25, 0.3) is 0 Å². The van der Waals surface area contributed by atoms with E-state index in [-0.39, 0.29) is 0 Å². The van der Waals surface area contributed by atoms with Crippen LogP contribution in [0.1, 0.15) is 0 Å². The lowest BCUT2D eigenvalue weighted by atomic mass is 10.3. The van der Waals surface area contributed by atoms with Gasteiger partial charge in [0.05, 0.1) is 12.8 Å². The third-order valence-electron chi connectivity index (χ3n) is 2.16. The molecule has 0 aliphatic heterocycles. The molecule has 0 amide bonds. The normalized spacial score (nSPS) is 10.7. The smallest absolute Gasteiger partial charge is 0.372 e. The summed E-state index contributed by atoms with van der Waals surface area (Å²) in [6, 6.07) is 8.85. The van der Waals surface area contributed by atoms with Crippen LogP contribution in [-0.2, 0) is 9.53 Å². The number of benzene rings is 1. The van der Waals surface area contributed by atoms with Crippen LogP contribution in [-0.4, -0.2) is 32.9 Å². The monoisotopic (exact) mass is 246 g/mol. The van der Waals surface area contributed by atoms with Gasteiger partial charge in [-0.2, -0.15) is 9.36 Å². The number of nitrogens with zero attached hydrogens (tertiary/aromatic N) is 4. The first kappa shape index (κ1) is 11.8. The lowest BCUT2D eigenvalue weighted by molar-refractivity contribution is -0.134. The Balaban J connectivity index is 2.33. The maximum Gasteiger partial charge on any atom is 0.372 e. The van der Waals surface area contributed by atoms with Crippen molar-refractivity contribution in [3.8, 4) is 5.69 Å². The highest BCUT2D eigenvalue weighted by Crippen LogP contribution is 2.00. The number of hydrogen-bond donors (Lipinski definition) is 0. The molecular weight excluding hydrogens is 236 g/mol. The van der Waals surface area contributed by atoms with Crippen LogP contribution >= 0.6 is 0 Å². The molecule has 1 heterocycles. The molecule has 2 rings (SSSR count). The number of hydrogen-bond acceptors (Lipinski definition) is 5. The van der Waals surface area contributed by atoms with Crippen molar-refractivity contribution in [3.05, 3.63) is 46.9 Å². The van der Waals surface area contributed by atoms with Crippen molar-refractivity contribution in [2.45, 2.75) is 0 Å².